The molecule has 7 nitrogen and oxygen atoms in total. The zero-order valence-electron chi connectivity index (χ0n) is 17.0. The summed E-state index contributed by atoms with van der Waals surface area (Å²) in [4.78, 5) is 35.8. The molecule has 0 aliphatic carbocycles. The summed E-state index contributed by atoms with van der Waals surface area (Å²) in [6.07, 6.45) is 0. The van der Waals surface area contributed by atoms with E-state index in [-0.39, 0.29) is 6.61 Å². The molecule has 31 heavy (non-hydrogen) atoms. The number of hydrogen-bond acceptors (Lipinski definition) is 5. The molecular weight excluding hydrogens is 396 g/mol. The van der Waals surface area contributed by atoms with Gasteiger partial charge in [0.2, 0.25) is 0 Å². The highest BCUT2D eigenvalue weighted by atomic mass is 16.5. The fourth-order valence-electron chi connectivity index (χ4n) is 2.73. The molecule has 0 aliphatic rings. The number of rotatable bonds is 7. The predicted molar refractivity (Wildman–Crippen MR) is 115 cm³/mol. The smallest absolute Gasteiger partial charge is 0.338 e. The van der Waals surface area contributed by atoms with Crippen molar-refractivity contribution in [1.82, 2.24) is 10.9 Å². The van der Waals surface area contributed by atoms with Crippen LogP contribution in [0.4, 0.5) is 0 Å². The number of benzene rings is 3. The molecule has 0 fully saturated rings. The molecule has 2 N–H and O–H groups in total. The van der Waals surface area contributed by atoms with Gasteiger partial charge in [0, 0.05) is 5.56 Å². The van der Waals surface area contributed by atoms with Crippen LogP contribution < -0.4 is 15.6 Å². The van der Waals surface area contributed by atoms with Crippen LogP contribution in [0.3, 0.4) is 0 Å². The van der Waals surface area contributed by atoms with Crippen LogP contribution in [0.1, 0.15) is 27.6 Å². The Bertz CT molecular complexity index is 1030. The van der Waals surface area contributed by atoms with Gasteiger partial charge in [-0.3, -0.25) is 20.4 Å². The van der Waals surface area contributed by atoms with Crippen LogP contribution in [0.25, 0.3) is 11.1 Å². The van der Waals surface area contributed by atoms with Crippen molar-refractivity contribution in [3.63, 3.8) is 0 Å². The molecule has 3 aromatic carbocycles. The number of hydrazine groups is 1. The molecule has 0 saturated heterocycles. The van der Waals surface area contributed by atoms with Gasteiger partial charge in [-0.05, 0) is 54.4 Å². The van der Waals surface area contributed by atoms with Crippen molar-refractivity contribution in [2.75, 3.05) is 13.2 Å². The largest absolute Gasteiger partial charge is 0.484 e. The first kappa shape index (κ1) is 21.6. The van der Waals surface area contributed by atoms with Gasteiger partial charge < -0.3 is 9.47 Å². The van der Waals surface area contributed by atoms with E-state index in [0.717, 1.165) is 11.1 Å². The van der Waals surface area contributed by atoms with Crippen LogP contribution in [-0.2, 0) is 9.53 Å². The summed E-state index contributed by atoms with van der Waals surface area (Å²) in [7, 11) is 0. The van der Waals surface area contributed by atoms with E-state index in [4.69, 9.17) is 9.47 Å². The molecule has 0 bridgehead atoms. The Balaban J connectivity index is 1.45. The molecule has 2 amide bonds. The Morgan fingerprint density at radius 2 is 1.35 bits per heavy atom. The lowest BCUT2D eigenvalue weighted by atomic mass is 10.0. The van der Waals surface area contributed by atoms with Gasteiger partial charge in [0.25, 0.3) is 11.8 Å². The first-order valence-corrected chi connectivity index (χ1v) is 9.71. The van der Waals surface area contributed by atoms with E-state index in [1.54, 1.807) is 43.3 Å². The van der Waals surface area contributed by atoms with Crippen molar-refractivity contribution in [2.24, 2.45) is 0 Å². The molecule has 158 valence electrons. The molecule has 0 radical (unpaired) electrons. The van der Waals surface area contributed by atoms with Gasteiger partial charge >= 0.3 is 5.97 Å². The maximum atomic E-state index is 12.2. The predicted octanol–water partition coefficient (Wildman–Crippen LogP) is 3.37. The van der Waals surface area contributed by atoms with Gasteiger partial charge in [0.1, 0.15) is 5.75 Å². The van der Waals surface area contributed by atoms with E-state index >= 15 is 0 Å². The highest BCUT2D eigenvalue weighted by molar-refractivity contribution is 5.96. The minimum Gasteiger partial charge on any atom is -0.484 e. The standard InChI is InChI=1S/C24H22N2O5/c1-2-30-24(29)20-12-14-21(15-13-20)31-16-22(27)25-26-23(28)19-10-8-18(9-11-19)17-6-4-3-5-7-17/h3-15H,2,16H2,1H3,(H,25,27)(H,26,28). The number of nitrogens with one attached hydrogen (secondary N) is 2. The van der Waals surface area contributed by atoms with Crippen molar-refractivity contribution in [2.45, 2.75) is 6.92 Å². The number of esters is 1. The Morgan fingerprint density at radius 1 is 0.742 bits per heavy atom. The molecule has 0 saturated carbocycles. The maximum Gasteiger partial charge on any atom is 0.338 e. The van der Waals surface area contributed by atoms with Crippen LogP contribution in [0.15, 0.2) is 78.9 Å². The van der Waals surface area contributed by atoms with Gasteiger partial charge in [0.05, 0.1) is 12.2 Å². The third kappa shape index (κ3) is 6.17. The highest BCUT2D eigenvalue weighted by Crippen LogP contribution is 2.19. The minimum absolute atomic E-state index is 0.292. The van der Waals surface area contributed by atoms with Gasteiger partial charge in [-0.2, -0.15) is 0 Å². The fraction of sp³-hybridized carbons (Fsp3) is 0.125. The third-order valence-electron chi connectivity index (χ3n) is 4.31. The number of carbonyl (C=O) groups is 3. The van der Waals surface area contributed by atoms with Gasteiger partial charge in [0.15, 0.2) is 6.61 Å². The molecular formula is C24H22N2O5. The summed E-state index contributed by atoms with van der Waals surface area (Å²) in [5.41, 5.74) is 7.50. The average molecular weight is 418 g/mol. The summed E-state index contributed by atoms with van der Waals surface area (Å²) in [5.74, 6) is -0.979. The topological polar surface area (TPSA) is 93.7 Å². The first-order chi connectivity index (χ1) is 15.1. The Labute approximate surface area is 180 Å². The first-order valence-electron chi connectivity index (χ1n) is 9.71. The van der Waals surface area contributed by atoms with Crippen molar-refractivity contribution < 1.29 is 23.9 Å². The van der Waals surface area contributed by atoms with Crippen LogP contribution in [0.5, 0.6) is 5.75 Å². The normalized spacial score (nSPS) is 10.1. The fourth-order valence-corrected chi connectivity index (χ4v) is 2.73. The van der Waals surface area contributed by atoms with Crippen molar-refractivity contribution in [3.05, 3.63) is 90.0 Å². The highest BCUT2D eigenvalue weighted by Gasteiger charge is 2.10. The van der Waals surface area contributed by atoms with E-state index in [2.05, 4.69) is 10.9 Å². The summed E-state index contributed by atoms with van der Waals surface area (Å²) in [5, 5.41) is 0. The Hall–Kier alpha value is -4.13. The summed E-state index contributed by atoms with van der Waals surface area (Å²) < 4.78 is 10.3. The Morgan fingerprint density at radius 3 is 2.00 bits per heavy atom. The maximum absolute atomic E-state index is 12.2. The van der Waals surface area contributed by atoms with E-state index in [1.807, 2.05) is 42.5 Å². The number of carbonyl (C=O) groups excluding carboxylic acids is 3. The van der Waals surface area contributed by atoms with Gasteiger partial charge in [-0.25, -0.2) is 4.79 Å². The lowest BCUT2D eigenvalue weighted by Gasteiger charge is -2.10. The van der Waals surface area contributed by atoms with Crippen molar-refractivity contribution in [1.29, 1.82) is 0 Å². The number of hydrogen-bond donors (Lipinski definition) is 2. The quantitative estimate of drug-likeness (QED) is 0.453. The third-order valence-corrected chi connectivity index (χ3v) is 4.31. The monoisotopic (exact) mass is 418 g/mol. The molecule has 3 aromatic rings. The molecule has 0 spiro atoms. The molecule has 0 unspecified atom stereocenters. The second-order valence-corrected chi connectivity index (χ2v) is 6.48. The molecule has 0 aliphatic heterocycles. The zero-order chi connectivity index (χ0) is 22.1. The molecule has 0 atom stereocenters. The number of ether oxygens (including phenoxy) is 2. The van der Waals surface area contributed by atoms with Crippen molar-refractivity contribution in [3.8, 4) is 16.9 Å². The Kier molecular flexibility index (Phi) is 7.37. The summed E-state index contributed by atoms with van der Waals surface area (Å²) >= 11 is 0. The molecule has 7 heteroatoms. The minimum atomic E-state index is -0.524. The van der Waals surface area contributed by atoms with Crippen LogP contribution in [0.2, 0.25) is 0 Å². The summed E-state index contributed by atoms with van der Waals surface area (Å²) in [6, 6.07) is 23.1. The average Bonchev–Trinajstić information content (AvgIpc) is 2.82. The lowest BCUT2D eigenvalue weighted by Crippen LogP contribution is -2.43. The van der Waals surface area contributed by atoms with Gasteiger partial charge in [-0.1, -0.05) is 42.5 Å². The van der Waals surface area contributed by atoms with E-state index in [0.29, 0.717) is 23.5 Å². The SMILES string of the molecule is CCOC(=O)c1ccc(OCC(=O)NNC(=O)c2ccc(-c3ccccc3)cc2)cc1. The van der Waals surface area contributed by atoms with Crippen LogP contribution in [-0.4, -0.2) is 31.0 Å². The zero-order valence-corrected chi connectivity index (χ0v) is 17.0. The van der Waals surface area contributed by atoms with E-state index in [9.17, 15) is 14.4 Å². The number of amides is 2. The van der Waals surface area contributed by atoms with E-state index in [1.165, 1.54) is 0 Å². The van der Waals surface area contributed by atoms with E-state index < -0.39 is 17.8 Å². The van der Waals surface area contributed by atoms with Crippen LogP contribution >= 0.6 is 0 Å². The molecule has 3 rings (SSSR count). The summed E-state index contributed by atoms with van der Waals surface area (Å²) in [6.45, 7) is 1.72. The van der Waals surface area contributed by atoms with Gasteiger partial charge in [-0.15, -0.1) is 0 Å². The second kappa shape index (κ2) is 10.6. The van der Waals surface area contributed by atoms with Crippen molar-refractivity contribution >= 4 is 17.8 Å². The van der Waals surface area contributed by atoms with Crippen LogP contribution in [0, 0.1) is 0 Å². The molecule has 0 aromatic heterocycles. The second-order valence-electron chi connectivity index (χ2n) is 6.48. The lowest BCUT2D eigenvalue weighted by molar-refractivity contribution is -0.123. The molecule has 0 heterocycles.